The summed E-state index contributed by atoms with van der Waals surface area (Å²) in [4.78, 5) is 12.6. The maximum atomic E-state index is 13.6. The lowest BCUT2D eigenvalue weighted by Gasteiger charge is -2.29. The number of nitrogens with zero attached hydrogens (tertiary/aromatic N) is 1. The van der Waals surface area contributed by atoms with Gasteiger partial charge in [-0.05, 0) is 56.3 Å². The van der Waals surface area contributed by atoms with E-state index in [2.05, 4.69) is 5.32 Å². The number of methoxy groups -OCH3 is 1. The van der Waals surface area contributed by atoms with Crippen LogP contribution in [0.15, 0.2) is 48.5 Å². The molecule has 0 bridgehead atoms. The van der Waals surface area contributed by atoms with Gasteiger partial charge in [0.2, 0.25) is 15.9 Å². The summed E-state index contributed by atoms with van der Waals surface area (Å²) < 4.78 is 49.6. The first-order valence-corrected chi connectivity index (χ1v) is 10.8. The standard InChI is InChI=1S/C20H25FN2O5S/c1-14(13-28-19-10-8-18(27-3)9-11-19)22-20(24)15(2)23(29(4,25)26)17-7-5-6-16(21)12-17/h5-12,14-15H,13H2,1-4H3,(H,22,24)/t14-,15+/m1/s1. The Bertz CT molecular complexity index is 934. The SMILES string of the molecule is COc1ccc(OC[C@@H](C)NC(=O)[C@H](C)N(c2cccc(F)c2)S(C)(=O)=O)cc1. The van der Waals surface area contributed by atoms with E-state index in [1.165, 1.54) is 25.1 Å². The Balaban J connectivity index is 2.02. The number of anilines is 1. The number of halogens is 1. The molecule has 2 aromatic carbocycles. The lowest BCUT2D eigenvalue weighted by atomic mass is 10.2. The van der Waals surface area contributed by atoms with Gasteiger partial charge < -0.3 is 14.8 Å². The fourth-order valence-corrected chi connectivity index (χ4v) is 3.89. The predicted molar refractivity (Wildman–Crippen MR) is 109 cm³/mol. The minimum atomic E-state index is -3.81. The quantitative estimate of drug-likeness (QED) is 0.669. The number of hydrogen-bond acceptors (Lipinski definition) is 5. The van der Waals surface area contributed by atoms with E-state index in [1.807, 2.05) is 0 Å². The van der Waals surface area contributed by atoms with Crippen LogP contribution in [-0.2, 0) is 14.8 Å². The number of rotatable bonds is 9. The zero-order chi connectivity index (χ0) is 21.6. The molecule has 7 nitrogen and oxygen atoms in total. The molecule has 158 valence electrons. The molecule has 0 spiro atoms. The molecule has 0 saturated carbocycles. The molecule has 9 heteroatoms. The van der Waals surface area contributed by atoms with Crippen molar-refractivity contribution >= 4 is 21.6 Å². The molecular weight excluding hydrogens is 399 g/mol. The monoisotopic (exact) mass is 424 g/mol. The summed E-state index contributed by atoms with van der Waals surface area (Å²) in [6.07, 6.45) is 0.970. The van der Waals surface area contributed by atoms with Gasteiger partial charge in [0.1, 0.15) is 30.0 Å². The number of hydrogen-bond donors (Lipinski definition) is 1. The predicted octanol–water partition coefficient (Wildman–Crippen LogP) is 2.57. The van der Waals surface area contributed by atoms with Crippen molar-refractivity contribution in [3.63, 3.8) is 0 Å². The highest BCUT2D eigenvalue weighted by Gasteiger charge is 2.30. The minimum Gasteiger partial charge on any atom is -0.497 e. The molecule has 2 atom stereocenters. The molecule has 0 aromatic heterocycles. The molecule has 1 amide bonds. The van der Waals surface area contributed by atoms with E-state index in [1.54, 1.807) is 38.3 Å². The van der Waals surface area contributed by atoms with E-state index < -0.39 is 27.8 Å². The summed E-state index contributed by atoms with van der Waals surface area (Å²) in [5, 5.41) is 2.72. The summed E-state index contributed by atoms with van der Waals surface area (Å²) in [6, 6.07) is 10.6. The second-order valence-electron chi connectivity index (χ2n) is 6.61. The Morgan fingerprint density at radius 3 is 2.31 bits per heavy atom. The first kappa shape index (κ1) is 22.5. The topological polar surface area (TPSA) is 84.9 Å². The number of ether oxygens (including phenoxy) is 2. The first-order chi connectivity index (χ1) is 13.6. The highest BCUT2D eigenvalue weighted by atomic mass is 32.2. The summed E-state index contributed by atoms with van der Waals surface area (Å²) in [5.74, 6) is 0.193. The van der Waals surface area contributed by atoms with Crippen molar-refractivity contribution in [3.8, 4) is 11.5 Å². The van der Waals surface area contributed by atoms with Crippen LogP contribution >= 0.6 is 0 Å². The largest absolute Gasteiger partial charge is 0.497 e. The molecule has 2 aromatic rings. The number of nitrogens with one attached hydrogen (secondary N) is 1. The molecule has 0 heterocycles. The van der Waals surface area contributed by atoms with Crippen LogP contribution in [0.1, 0.15) is 13.8 Å². The Labute approximate surface area is 170 Å². The Kier molecular flexibility index (Phi) is 7.44. The van der Waals surface area contributed by atoms with Crippen LogP contribution in [0.2, 0.25) is 0 Å². The average molecular weight is 424 g/mol. The molecule has 1 N–H and O–H groups in total. The van der Waals surface area contributed by atoms with Crippen LogP contribution in [0.25, 0.3) is 0 Å². The van der Waals surface area contributed by atoms with Crippen molar-refractivity contribution in [3.05, 3.63) is 54.3 Å². The zero-order valence-electron chi connectivity index (χ0n) is 16.8. The summed E-state index contributed by atoms with van der Waals surface area (Å²) in [6.45, 7) is 3.36. The maximum absolute atomic E-state index is 13.6. The number of carbonyl (C=O) groups excluding carboxylic acids is 1. The van der Waals surface area contributed by atoms with Crippen molar-refractivity contribution in [2.75, 3.05) is 24.3 Å². The fourth-order valence-electron chi connectivity index (χ4n) is 2.72. The molecule has 2 rings (SSSR count). The van der Waals surface area contributed by atoms with Crippen LogP contribution < -0.4 is 19.1 Å². The van der Waals surface area contributed by atoms with E-state index in [9.17, 15) is 17.6 Å². The molecule has 29 heavy (non-hydrogen) atoms. The summed E-state index contributed by atoms with van der Waals surface area (Å²) in [5.41, 5.74) is 0.0808. The third-order valence-electron chi connectivity index (χ3n) is 4.10. The lowest BCUT2D eigenvalue weighted by Crippen LogP contribution is -2.50. The van der Waals surface area contributed by atoms with Crippen molar-refractivity contribution in [1.29, 1.82) is 0 Å². The maximum Gasteiger partial charge on any atom is 0.243 e. The van der Waals surface area contributed by atoms with E-state index in [4.69, 9.17) is 9.47 Å². The van der Waals surface area contributed by atoms with Crippen molar-refractivity contribution < 1.29 is 27.1 Å². The Hall–Kier alpha value is -2.81. The molecule has 0 radical (unpaired) electrons. The van der Waals surface area contributed by atoms with E-state index in [-0.39, 0.29) is 18.3 Å². The second-order valence-corrected chi connectivity index (χ2v) is 8.47. The number of amides is 1. The number of benzene rings is 2. The smallest absolute Gasteiger partial charge is 0.243 e. The molecule has 0 unspecified atom stereocenters. The van der Waals surface area contributed by atoms with Gasteiger partial charge in [-0.15, -0.1) is 0 Å². The van der Waals surface area contributed by atoms with Crippen LogP contribution in [0, 0.1) is 5.82 Å². The van der Waals surface area contributed by atoms with Crippen molar-refractivity contribution in [2.24, 2.45) is 0 Å². The highest BCUT2D eigenvalue weighted by molar-refractivity contribution is 7.92. The minimum absolute atomic E-state index is 0.0808. The van der Waals surface area contributed by atoms with Crippen LogP contribution in [0.5, 0.6) is 11.5 Å². The van der Waals surface area contributed by atoms with Crippen molar-refractivity contribution in [1.82, 2.24) is 5.32 Å². The van der Waals surface area contributed by atoms with Gasteiger partial charge in [-0.2, -0.15) is 0 Å². The number of carbonyl (C=O) groups is 1. The van der Waals surface area contributed by atoms with Crippen LogP contribution in [0.3, 0.4) is 0 Å². The molecule has 0 saturated heterocycles. The third-order valence-corrected chi connectivity index (χ3v) is 5.34. The Morgan fingerprint density at radius 2 is 1.76 bits per heavy atom. The summed E-state index contributed by atoms with van der Waals surface area (Å²) >= 11 is 0. The molecule has 0 aliphatic heterocycles. The van der Waals surface area contributed by atoms with Gasteiger partial charge in [-0.1, -0.05) is 6.07 Å². The van der Waals surface area contributed by atoms with Gasteiger partial charge in [0.25, 0.3) is 0 Å². The van der Waals surface area contributed by atoms with Gasteiger partial charge >= 0.3 is 0 Å². The fraction of sp³-hybridized carbons (Fsp3) is 0.350. The van der Waals surface area contributed by atoms with Crippen LogP contribution in [-0.4, -0.2) is 46.4 Å². The first-order valence-electron chi connectivity index (χ1n) is 8.94. The van der Waals surface area contributed by atoms with E-state index >= 15 is 0 Å². The molecule has 0 fully saturated rings. The highest BCUT2D eigenvalue weighted by Crippen LogP contribution is 2.22. The van der Waals surface area contributed by atoms with Gasteiger partial charge in [-0.3, -0.25) is 9.10 Å². The van der Waals surface area contributed by atoms with E-state index in [0.29, 0.717) is 11.5 Å². The van der Waals surface area contributed by atoms with Gasteiger partial charge in [0, 0.05) is 0 Å². The third kappa shape index (κ3) is 6.35. The Morgan fingerprint density at radius 1 is 1.14 bits per heavy atom. The molecule has 0 aliphatic carbocycles. The number of sulfonamides is 1. The molecular formula is C20H25FN2O5S. The lowest BCUT2D eigenvalue weighted by molar-refractivity contribution is -0.122. The van der Waals surface area contributed by atoms with Crippen LogP contribution in [0.4, 0.5) is 10.1 Å². The van der Waals surface area contributed by atoms with Gasteiger partial charge in [-0.25, -0.2) is 12.8 Å². The van der Waals surface area contributed by atoms with Crippen molar-refractivity contribution in [2.45, 2.75) is 25.9 Å². The summed E-state index contributed by atoms with van der Waals surface area (Å²) in [7, 11) is -2.25. The normalized spacial score (nSPS) is 13.3. The second kappa shape index (κ2) is 9.60. The average Bonchev–Trinajstić information content (AvgIpc) is 2.65. The van der Waals surface area contributed by atoms with Gasteiger partial charge in [0.05, 0.1) is 25.1 Å². The van der Waals surface area contributed by atoms with Gasteiger partial charge in [0.15, 0.2) is 0 Å². The van der Waals surface area contributed by atoms with E-state index in [0.717, 1.165) is 16.6 Å². The molecule has 0 aliphatic rings. The zero-order valence-corrected chi connectivity index (χ0v) is 17.6.